The lowest BCUT2D eigenvalue weighted by molar-refractivity contribution is -0.143. The Labute approximate surface area is 132 Å². The summed E-state index contributed by atoms with van der Waals surface area (Å²) in [5.74, 6) is 1.34. The van der Waals surface area contributed by atoms with E-state index in [-0.39, 0.29) is 6.07 Å². The zero-order valence-corrected chi connectivity index (χ0v) is 12.4. The van der Waals surface area contributed by atoms with Crippen LogP contribution < -0.4 is 5.32 Å². The molecule has 10 heteroatoms. The minimum absolute atomic E-state index is 0.0210. The molecule has 1 fully saturated rings. The summed E-state index contributed by atoms with van der Waals surface area (Å²) in [6.07, 6.45) is -9.88. The van der Waals surface area contributed by atoms with Crippen LogP contribution >= 0.6 is 11.8 Å². The van der Waals surface area contributed by atoms with Gasteiger partial charge in [0.1, 0.15) is 0 Å². The maximum absolute atomic E-state index is 12.7. The van der Waals surface area contributed by atoms with Gasteiger partial charge in [-0.1, -0.05) is 0 Å². The summed E-state index contributed by atoms with van der Waals surface area (Å²) in [6, 6.07) is 0.294. The van der Waals surface area contributed by atoms with Crippen LogP contribution in [0.5, 0.6) is 0 Å². The van der Waals surface area contributed by atoms with Gasteiger partial charge in [-0.2, -0.15) is 38.1 Å². The third-order valence-electron chi connectivity index (χ3n) is 3.14. The van der Waals surface area contributed by atoms with Crippen molar-refractivity contribution < 1.29 is 31.1 Å². The molecular weight excluding hydrogens is 346 g/mol. The van der Waals surface area contributed by atoms with Crippen molar-refractivity contribution in [3.63, 3.8) is 0 Å². The Morgan fingerprint density at radius 3 is 1.87 bits per heavy atom. The second kappa shape index (κ2) is 6.50. The Bertz CT molecular complexity index is 549. The molecule has 0 unspecified atom stereocenters. The average molecular weight is 358 g/mol. The van der Waals surface area contributed by atoms with Crippen LogP contribution in [0.15, 0.2) is 18.2 Å². The molecule has 0 radical (unpaired) electrons. The summed E-state index contributed by atoms with van der Waals surface area (Å²) in [5, 5.41) is 2.11. The van der Waals surface area contributed by atoms with E-state index < -0.39 is 35.2 Å². The second-order valence-corrected chi connectivity index (χ2v) is 6.05. The van der Waals surface area contributed by atoms with Crippen LogP contribution in [0, 0.1) is 0 Å². The van der Waals surface area contributed by atoms with Gasteiger partial charge in [0.15, 0.2) is 0 Å². The number of hydrogen-bond donors (Lipinski definition) is 1. The predicted octanol–water partition coefficient (Wildman–Crippen LogP) is 4.30. The molecule has 23 heavy (non-hydrogen) atoms. The molecule has 1 aromatic carbocycles. The number of carbonyl (C=O) groups is 1. The molecule has 1 saturated heterocycles. The number of nitrogens with one attached hydrogen (secondary N) is 1. The quantitative estimate of drug-likeness (QED) is 0.759. The first-order valence-corrected chi connectivity index (χ1v) is 7.66. The molecule has 1 aliphatic rings. The molecule has 0 spiro atoms. The molecular formula is C13H12F6N2OS. The average Bonchev–Trinajstić information content (AvgIpc) is 2.46. The van der Waals surface area contributed by atoms with Crippen molar-refractivity contribution in [3.8, 4) is 0 Å². The van der Waals surface area contributed by atoms with Gasteiger partial charge in [-0.3, -0.25) is 0 Å². The molecule has 1 aromatic rings. The molecule has 2 amide bonds. The Kier molecular flexibility index (Phi) is 5.02. The highest BCUT2D eigenvalue weighted by atomic mass is 32.2. The van der Waals surface area contributed by atoms with E-state index in [0.717, 1.165) is 0 Å². The fourth-order valence-electron chi connectivity index (χ4n) is 2.00. The number of alkyl halides is 6. The van der Waals surface area contributed by atoms with Crippen LogP contribution in [0.2, 0.25) is 0 Å². The van der Waals surface area contributed by atoms with E-state index in [9.17, 15) is 31.1 Å². The fourth-order valence-corrected chi connectivity index (χ4v) is 2.90. The number of hydrogen-bond acceptors (Lipinski definition) is 2. The van der Waals surface area contributed by atoms with Gasteiger partial charge in [0, 0.05) is 30.3 Å². The molecule has 1 N–H and O–H groups in total. The lowest BCUT2D eigenvalue weighted by Gasteiger charge is -2.26. The SMILES string of the molecule is O=C(Nc1cc(C(F)(F)F)cc(C(F)(F)F)c1)N1CCSCC1. The van der Waals surface area contributed by atoms with Crippen LogP contribution in [-0.2, 0) is 12.4 Å². The van der Waals surface area contributed by atoms with E-state index in [1.165, 1.54) is 4.90 Å². The van der Waals surface area contributed by atoms with E-state index in [0.29, 0.717) is 36.7 Å². The summed E-state index contributed by atoms with van der Waals surface area (Å²) in [5.41, 5.74) is -3.45. The Morgan fingerprint density at radius 2 is 1.43 bits per heavy atom. The molecule has 0 aliphatic carbocycles. The minimum atomic E-state index is -4.94. The van der Waals surface area contributed by atoms with Crippen molar-refractivity contribution >= 4 is 23.5 Å². The van der Waals surface area contributed by atoms with Crippen LogP contribution in [0.3, 0.4) is 0 Å². The molecule has 0 saturated carbocycles. The third-order valence-corrected chi connectivity index (χ3v) is 4.08. The van der Waals surface area contributed by atoms with Crippen LogP contribution in [-0.4, -0.2) is 35.5 Å². The maximum Gasteiger partial charge on any atom is 0.416 e. The first-order chi connectivity index (χ1) is 10.6. The third kappa shape index (κ3) is 4.69. The summed E-state index contributed by atoms with van der Waals surface area (Å²) < 4.78 is 76.4. The maximum atomic E-state index is 12.7. The van der Waals surface area contributed by atoms with Crippen molar-refractivity contribution in [2.24, 2.45) is 0 Å². The van der Waals surface area contributed by atoms with E-state index >= 15 is 0 Å². The molecule has 0 bridgehead atoms. The highest BCUT2D eigenvalue weighted by molar-refractivity contribution is 7.99. The first-order valence-electron chi connectivity index (χ1n) is 6.50. The molecule has 3 nitrogen and oxygen atoms in total. The molecule has 2 rings (SSSR count). The van der Waals surface area contributed by atoms with E-state index in [1.807, 2.05) is 0 Å². The van der Waals surface area contributed by atoms with Gasteiger partial charge < -0.3 is 10.2 Å². The van der Waals surface area contributed by atoms with Gasteiger partial charge in [-0.25, -0.2) is 4.79 Å². The molecule has 128 valence electrons. The van der Waals surface area contributed by atoms with Crippen LogP contribution in [0.1, 0.15) is 11.1 Å². The lowest BCUT2D eigenvalue weighted by Crippen LogP contribution is -2.40. The standard InChI is InChI=1S/C13H12F6N2OS/c14-12(15,16)8-5-9(13(17,18)19)7-10(6-8)20-11(22)21-1-3-23-4-2-21/h5-7H,1-4H2,(H,20,22). The topological polar surface area (TPSA) is 32.3 Å². The first kappa shape index (κ1) is 17.8. The normalized spacial score (nSPS) is 16.3. The number of nitrogens with zero attached hydrogens (tertiary/aromatic N) is 1. The van der Waals surface area contributed by atoms with Crippen molar-refractivity contribution in [2.75, 3.05) is 29.9 Å². The number of thioether (sulfide) groups is 1. The molecule has 1 heterocycles. The van der Waals surface area contributed by atoms with Gasteiger partial charge in [0.2, 0.25) is 0 Å². The highest BCUT2D eigenvalue weighted by Gasteiger charge is 2.37. The summed E-state index contributed by atoms with van der Waals surface area (Å²) in [6.45, 7) is 0.781. The van der Waals surface area contributed by atoms with E-state index in [4.69, 9.17) is 0 Å². The van der Waals surface area contributed by atoms with Crippen LogP contribution in [0.25, 0.3) is 0 Å². The van der Waals surface area contributed by atoms with Crippen molar-refractivity contribution in [2.45, 2.75) is 12.4 Å². The number of anilines is 1. The zero-order chi connectivity index (χ0) is 17.3. The number of urea groups is 1. The number of amides is 2. The fraction of sp³-hybridized carbons (Fsp3) is 0.462. The molecule has 1 aliphatic heterocycles. The van der Waals surface area contributed by atoms with E-state index in [2.05, 4.69) is 5.32 Å². The number of rotatable bonds is 1. The van der Waals surface area contributed by atoms with Crippen molar-refractivity contribution in [1.29, 1.82) is 0 Å². The summed E-state index contributed by atoms with van der Waals surface area (Å²) >= 11 is 1.61. The van der Waals surface area contributed by atoms with Gasteiger partial charge in [0.05, 0.1) is 11.1 Å². The Balaban J connectivity index is 2.28. The number of carbonyl (C=O) groups excluding carboxylic acids is 1. The highest BCUT2D eigenvalue weighted by Crippen LogP contribution is 2.37. The zero-order valence-electron chi connectivity index (χ0n) is 11.6. The molecule has 0 aromatic heterocycles. The minimum Gasteiger partial charge on any atom is -0.323 e. The van der Waals surface area contributed by atoms with Crippen LogP contribution in [0.4, 0.5) is 36.8 Å². The van der Waals surface area contributed by atoms with Crippen molar-refractivity contribution in [3.05, 3.63) is 29.3 Å². The van der Waals surface area contributed by atoms with Gasteiger partial charge in [-0.05, 0) is 18.2 Å². The second-order valence-electron chi connectivity index (χ2n) is 4.82. The van der Waals surface area contributed by atoms with Crippen molar-refractivity contribution in [1.82, 2.24) is 4.90 Å². The Morgan fingerprint density at radius 1 is 0.957 bits per heavy atom. The monoisotopic (exact) mass is 358 g/mol. The van der Waals surface area contributed by atoms with Gasteiger partial charge in [0.25, 0.3) is 0 Å². The molecule has 0 atom stereocenters. The smallest absolute Gasteiger partial charge is 0.323 e. The largest absolute Gasteiger partial charge is 0.416 e. The van der Waals surface area contributed by atoms with Gasteiger partial charge >= 0.3 is 18.4 Å². The van der Waals surface area contributed by atoms with Gasteiger partial charge in [-0.15, -0.1) is 0 Å². The lowest BCUT2D eigenvalue weighted by atomic mass is 10.1. The number of halogens is 6. The number of benzene rings is 1. The summed E-state index contributed by atoms with van der Waals surface area (Å²) in [4.78, 5) is 13.3. The van der Waals surface area contributed by atoms with E-state index in [1.54, 1.807) is 11.8 Å². The predicted molar refractivity (Wildman–Crippen MR) is 74.4 cm³/mol. The Hall–Kier alpha value is -1.58. The summed E-state index contributed by atoms with van der Waals surface area (Å²) in [7, 11) is 0.